The van der Waals surface area contributed by atoms with Crippen molar-refractivity contribution in [2.45, 2.75) is 44.8 Å². The van der Waals surface area contributed by atoms with Crippen molar-refractivity contribution >= 4 is 11.8 Å². The fourth-order valence-electron chi connectivity index (χ4n) is 4.54. The summed E-state index contributed by atoms with van der Waals surface area (Å²) in [6, 6.07) is 11.7. The molecule has 2 atom stereocenters. The molecular weight excluding hydrogens is 364 g/mol. The molecule has 3 heterocycles. The van der Waals surface area contributed by atoms with Gasteiger partial charge in [-0.25, -0.2) is 0 Å². The minimum Gasteiger partial charge on any atom is -0.351 e. The van der Waals surface area contributed by atoms with Gasteiger partial charge in [0.25, 0.3) is 5.91 Å². The molecule has 1 saturated heterocycles. The third-order valence-electron chi connectivity index (χ3n) is 5.71. The van der Waals surface area contributed by atoms with Gasteiger partial charge in [-0.2, -0.15) is 0 Å². The lowest BCUT2D eigenvalue weighted by molar-refractivity contribution is -0.127. The Morgan fingerprint density at radius 1 is 1.24 bits per heavy atom. The number of fused-ring (bicyclic) bond motifs is 1. The quantitative estimate of drug-likeness (QED) is 0.839. The maximum atomic E-state index is 13.3. The van der Waals surface area contributed by atoms with E-state index in [-0.39, 0.29) is 23.3 Å². The van der Waals surface area contributed by atoms with Crippen molar-refractivity contribution in [2.75, 3.05) is 13.1 Å². The highest BCUT2D eigenvalue weighted by molar-refractivity contribution is 5.98. The van der Waals surface area contributed by atoms with Crippen LogP contribution in [0.3, 0.4) is 0 Å². The van der Waals surface area contributed by atoms with Crippen LogP contribution in [0.4, 0.5) is 0 Å². The molecule has 1 aromatic heterocycles. The molecule has 0 unspecified atom stereocenters. The highest BCUT2D eigenvalue weighted by Gasteiger charge is 2.53. The van der Waals surface area contributed by atoms with Gasteiger partial charge < -0.3 is 10.6 Å². The van der Waals surface area contributed by atoms with Gasteiger partial charge in [-0.15, -0.1) is 0 Å². The zero-order valence-corrected chi connectivity index (χ0v) is 17.2. The van der Waals surface area contributed by atoms with Gasteiger partial charge in [-0.1, -0.05) is 18.2 Å². The number of hydrogen-bond donors (Lipinski definition) is 2. The molecule has 2 aliphatic heterocycles. The average molecular weight is 393 g/mol. The summed E-state index contributed by atoms with van der Waals surface area (Å²) in [5.74, 6) is -0.415. The van der Waals surface area contributed by atoms with E-state index in [1.54, 1.807) is 12.4 Å². The highest BCUT2D eigenvalue weighted by atomic mass is 16.2. The predicted molar refractivity (Wildman–Crippen MR) is 111 cm³/mol. The monoisotopic (exact) mass is 392 g/mol. The van der Waals surface area contributed by atoms with E-state index >= 15 is 0 Å². The van der Waals surface area contributed by atoms with Crippen LogP contribution in [-0.4, -0.2) is 45.9 Å². The van der Waals surface area contributed by atoms with Gasteiger partial charge in [0.1, 0.15) is 0 Å². The number of carbonyl (C=O) groups excluding carboxylic acids is 2. The molecule has 2 aliphatic rings. The number of amides is 2. The molecule has 2 amide bonds. The molecular formula is C23H28N4O2. The smallest absolute Gasteiger partial charge is 0.252 e. The van der Waals surface area contributed by atoms with Crippen molar-refractivity contribution in [1.82, 2.24) is 20.5 Å². The number of aromatic nitrogens is 1. The topological polar surface area (TPSA) is 74.3 Å². The summed E-state index contributed by atoms with van der Waals surface area (Å²) in [6.45, 7) is 7.91. The molecule has 0 saturated carbocycles. The standard InChI is InChI=1S/C23H28N4O2/c1-22(2,3)25-21(29)19-14-27(13-16-8-10-24-11-9-16)15-23(19)12-17-6-4-5-7-18(17)20(28)26-23/h4-11,19H,12-15H2,1-3H3,(H,25,29)(H,26,28)/t19-,23+/m0/s1. The number of benzene rings is 1. The van der Waals surface area contributed by atoms with Gasteiger partial charge in [0.05, 0.1) is 11.5 Å². The molecule has 0 radical (unpaired) electrons. The van der Waals surface area contributed by atoms with Crippen molar-refractivity contribution in [1.29, 1.82) is 0 Å². The molecule has 2 N–H and O–H groups in total. The Morgan fingerprint density at radius 2 is 1.97 bits per heavy atom. The minimum absolute atomic E-state index is 0.00518. The highest BCUT2D eigenvalue weighted by Crippen LogP contribution is 2.36. The Kier molecular flexibility index (Phi) is 4.90. The van der Waals surface area contributed by atoms with Gasteiger partial charge in [0.2, 0.25) is 5.91 Å². The molecule has 4 rings (SSSR count). The van der Waals surface area contributed by atoms with Crippen molar-refractivity contribution in [3.05, 3.63) is 65.5 Å². The normalized spacial score (nSPS) is 24.2. The van der Waals surface area contributed by atoms with Crippen LogP contribution in [0.2, 0.25) is 0 Å². The fraction of sp³-hybridized carbons (Fsp3) is 0.435. The molecule has 1 fully saturated rings. The van der Waals surface area contributed by atoms with Crippen molar-refractivity contribution in [2.24, 2.45) is 5.92 Å². The van der Waals surface area contributed by atoms with E-state index in [4.69, 9.17) is 0 Å². The lowest BCUT2D eigenvalue weighted by Crippen LogP contribution is -2.62. The van der Waals surface area contributed by atoms with Crippen LogP contribution in [0.15, 0.2) is 48.8 Å². The van der Waals surface area contributed by atoms with E-state index in [0.29, 0.717) is 25.1 Å². The largest absolute Gasteiger partial charge is 0.351 e. The Balaban J connectivity index is 1.65. The summed E-state index contributed by atoms with van der Waals surface area (Å²) < 4.78 is 0. The van der Waals surface area contributed by atoms with E-state index in [1.165, 1.54) is 0 Å². The number of rotatable bonds is 3. The van der Waals surface area contributed by atoms with Crippen LogP contribution in [0.25, 0.3) is 0 Å². The number of likely N-dealkylation sites (tertiary alicyclic amines) is 1. The first kappa shape index (κ1) is 19.6. The van der Waals surface area contributed by atoms with Crippen LogP contribution in [0, 0.1) is 5.92 Å². The Bertz CT molecular complexity index is 922. The van der Waals surface area contributed by atoms with Gasteiger partial charge in [-0.05, 0) is 56.5 Å². The lowest BCUT2D eigenvalue weighted by Gasteiger charge is -2.40. The van der Waals surface area contributed by atoms with E-state index < -0.39 is 5.54 Å². The molecule has 0 bridgehead atoms. The van der Waals surface area contributed by atoms with Crippen LogP contribution >= 0.6 is 0 Å². The molecule has 1 aromatic carbocycles. The SMILES string of the molecule is CC(C)(C)NC(=O)[C@@H]1CN(Cc2ccncc2)C[C@]12Cc1ccccc1C(=O)N2. The third-order valence-corrected chi connectivity index (χ3v) is 5.71. The lowest BCUT2D eigenvalue weighted by atomic mass is 9.76. The number of nitrogens with one attached hydrogen (secondary N) is 2. The zero-order valence-electron chi connectivity index (χ0n) is 17.2. The van der Waals surface area contributed by atoms with Crippen molar-refractivity contribution in [3.63, 3.8) is 0 Å². The van der Waals surface area contributed by atoms with Crippen LogP contribution in [-0.2, 0) is 17.8 Å². The van der Waals surface area contributed by atoms with Crippen LogP contribution in [0.1, 0.15) is 42.3 Å². The zero-order chi connectivity index (χ0) is 20.6. The first-order valence-electron chi connectivity index (χ1n) is 10.1. The van der Waals surface area contributed by atoms with E-state index in [0.717, 1.165) is 17.7 Å². The van der Waals surface area contributed by atoms with Gasteiger partial charge in [0.15, 0.2) is 0 Å². The number of hydrogen-bond acceptors (Lipinski definition) is 4. The summed E-state index contributed by atoms with van der Waals surface area (Å²) in [7, 11) is 0. The number of nitrogens with zero attached hydrogens (tertiary/aromatic N) is 2. The summed E-state index contributed by atoms with van der Waals surface area (Å²) in [6.07, 6.45) is 4.22. The molecule has 2 aromatic rings. The summed E-state index contributed by atoms with van der Waals surface area (Å²) >= 11 is 0. The predicted octanol–water partition coefficient (Wildman–Crippen LogP) is 2.15. The molecule has 1 spiro atoms. The van der Waals surface area contributed by atoms with Gasteiger partial charge in [-0.3, -0.25) is 19.5 Å². The van der Waals surface area contributed by atoms with Gasteiger partial charge >= 0.3 is 0 Å². The Morgan fingerprint density at radius 3 is 2.69 bits per heavy atom. The second-order valence-electron chi connectivity index (χ2n) is 9.26. The summed E-state index contributed by atoms with van der Waals surface area (Å²) in [5, 5.41) is 6.36. The van der Waals surface area contributed by atoms with Crippen molar-refractivity contribution < 1.29 is 9.59 Å². The van der Waals surface area contributed by atoms with Gasteiger partial charge in [0, 0.05) is 43.1 Å². The minimum atomic E-state index is -0.603. The fourth-order valence-corrected chi connectivity index (χ4v) is 4.54. The molecule has 6 nitrogen and oxygen atoms in total. The Labute approximate surface area is 171 Å². The van der Waals surface area contributed by atoms with E-state index in [9.17, 15) is 9.59 Å². The van der Waals surface area contributed by atoms with Crippen LogP contribution in [0.5, 0.6) is 0 Å². The molecule has 0 aliphatic carbocycles. The van der Waals surface area contributed by atoms with E-state index in [1.807, 2.05) is 57.2 Å². The maximum absolute atomic E-state index is 13.3. The second kappa shape index (κ2) is 7.26. The molecule has 6 heteroatoms. The Hall–Kier alpha value is -2.73. The third kappa shape index (κ3) is 4.03. The first-order chi connectivity index (χ1) is 13.8. The first-order valence-corrected chi connectivity index (χ1v) is 10.1. The molecule has 29 heavy (non-hydrogen) atoms. The average Bonchev–Trinajstić information content (AvgIpc) is 2.98. The molecule has 152 valence electrons. The number of pyridine rings is 1. The summed E-state index contributed by atoms with van der Waals surface area (Å²) in [4.78, 5) is 32.5. The summed E-state index contributed by atoms with van der Waals surface area (Å²) in [5.41, 5.74) is 1.94. The number of carbonyl (C=O) groups is 2. The van der Waals surface area contributed by atoms with Crippen molar-refractivity contribution in [3.8, 4) is 0 Å². The van der Waals surface area contributed by atoms with E-state index in [2.05, 4.69) is 20.5 Å². The van der Waals surface area contributed by atoms with Crippen LogP contribution < -0.4 is 10.6 Å². The second-order valence-corrected chi connectivity index (χ2v) is 9.26. The maximum Gasteiger partial charge on any atom is 0.252 e.